The van der Waals surface area contributed by atoms with Gasteiger partial charge in [0.15, 0.2) is 11.6 Å². The topological polar surface area (TPSA) is 92.4 Å². The molecule has 0 radical (unpaired) electrons. The molecule has 4 rings (SSSR count). The predicted molar refractivity (Wildman–Crippen MR) is 111 cm³/mol. The number of nitrogens with zero attached hydrogens (tertiary/aromatic N) is 6. The Kier molecular flexibility index (Phi) is 6.65. The van der Waals surface area contributed by atoms with Crippen LogP contribution >= 0.6 is 0 Å². The molecular formula is C20H26FN7O2. The van der Waals surface area contributed by atoms with Gasteiger partial charge < -0.3 is 15.0 Å². The van der Waals surface area contributed by atoms with E-state index in [1.807, 2.05) is 12.1 Å². The fourth-order valence-electron chi connectivity index (χ4n) is 3.58. The Balaban J connectivity index is 1.46. The van der Waals surface area contributed by atoms with Crippen LogP contribution in [0.3, 0.4) is 0 Å². The number of aromatic nitrogens is 4. The van der Waals surface area contributed by atoms with Gasteiger partial charge >= 0.3 is 0 Å². The van der Waals surface area contributed by atoms with E-state index in [1.54, 1.807) is 7.11 Å². The summed E-state index contributed by atoms with van der Waals surface area (Å²) in [5, 5.41) is 11.0. The lowest BCUT2D eigenvalue weighted by molar-refractivity contribution is 0.198. The zero-order chi connectivity index (χ0) is 20.8. The first-order chi connectivity index (χ1) is 14.7. The standard InChI is InChI=1S/C20H26FN7O2/c1-29-13-2-8-22-19-20(24-18-17(23-19)25-30-26-18)28-10-3-9-27(11-12-28)14-15-4-6-16(21)7-5-15/h4-7H,2-3,8-14H2,1H3,(H,22,23,25). The Bertz CT molecular complexity index is 950. The molecule has 1 aromatic carbocycles. The molecule has 0 spiro atoms. The third-order valence-electron chi connectivity index (χ3n) is 5.12. The molecule has 1 fully saturated rings. The molecule has 0 aliphatic carbocycles. The van der Waals surface area contributed by atoms with Crippen LogP contribution in [0.1, 0.15) is 18.4 Å². The molecule has 1 saturated heterocycles. The van der Waals surface area contributed by atoms with Gasteiger partial charge in [-0.15, -0.1) is 0 Å². The van der Waals surface area contributed by atoms with Crippen LogP contribution in [-0.2, 0) is 11.3 Å². The van der Waals surface area contributed by atoms with E-state index in [4.69, 9.17) is 9.37 Å². The van der Waals surface area contributed by atoms with Gasteiger partial charge in [0.1, 0.15) is 5.82 Å². The summed E-state index contributed by atoms with van der Waals surface area (Å²) in [6, 6.07) is 6.71. The monoisotopic (exact) mass is 415 g/mol. The van der Waals surface area contributed by atoms with Crippen molar-refractivity contribution < 1.29 is 13.8 Å². The van der Waals surface area contributed by atoms with E-state index in [0.717, 1.165) is 63.5 Å². The van der Waals surface area contributed by atoms with Crippen molar-refractivity contribution in [2.75, 3.05) is 56.7 Å². The number of benzene rings is 1. The highest BCUT2D eigenvalue weighted by molar-refractivity contribution is 5.74. The summed E-state index contributed by atoms with van der Waals surface area (Å²) < 4.78 is 23.1. The predicted octanol–water partition coefficient (Wildman–Crippen LogP) is 2.31. The maximum Gasteiger partial charge on any atom is 0.245 e. The minimum Gasteiger partial charge on any atom is -0.385 e. The van der Waals surface area contributed by atoms with Crippen molar-refractivity contribution in [3.63, 3.8) is 0 Å². The van der Waals surface area contributed by atoms with Gasteiger partial charge in [-0.25, -0.2) is 19.0 Å². The number of fused-ring (bicyclic) bond motifs is 1. The summed E-state index contributed by atoms with van der Waals surface area (Å²) in [5.41, 5.74) is 1.90. The molecule has 9 nitrogen and oxygen atoms in total. The van der Waals surface area contributed by atoms with Gasteiger partial charge in [-0.2, -0.15) is 0 Å². The average molecular weight is 415 g/mol. The molecular weight excluding hydrogens is 389 g/mol. The molecule has 10 heteroatoms. The molecule has 3 heterocycles. The van der Waals surface area contributed by atoms with E-state index in [1.165, 1.54) is 12.1 Å². The van der Waals surface area contributed by atoms with Crippen LogP contribution in [0.5, 0.6) is 0 Å². The molecule has 1 aliphatic rings. The fraction of sp³-hybridized carbons (Fsp3) is 0.500. The lowest BCUT2D eigenvalue weighted by atomic mass is 10.2. The fourth-order valence-corrected chi connectivity index (χ4v) is 3.58. The first-order valence-corrected chi connectivity index (χ1v) is 10.2. The van der Waals surface area contributed by atoms with Gasteiger partial charge in [-0.3, -0.25) is 4.90 Å². The van der Waals surface area contributed by atoms with Gasteiger partial charge in [-0.1, -0.05) is 12.1 Å². The van der Waals surface area contributed by atoms with Crippen LogP contribution in [-0.4, -0.2) is 71.6 Å². The highest BCUT2D eigenvalue weighted by Crippen LogP contribution is 2.25. The van der Waals surface area contributed by atoms with Crippen molar-refractivity contribution in [1.29, 1.82) is 0 Å². The van der Waals surface area contributed by atoms with Crippen molar-refractivity contribution in [3.8, 4) is 0 Å². The number of hydrogen-bond acceptors (Lipinski definition) is 9. The van der Waals surface area contributed by atoms with Crippen molar-refractivity contribution in [2.24, 2.45) is 0 Å². The normalized spacial score (nSPS) is 15.5. The largest absolute Gasteiger partial charge is 0.385 e. The summed E-state index contributed by atoms with van der Waals surface area (Å²) in [7, 11) is 1.69. The molecule has 0 bridgehead atoms. The Labute approximate surface area is 174 Å². The summed E-state index contributed by atoms with van der Waals surface area (Å²) in [6.45, 7) is 5.69. The van der Waals surface area contributed by atoms with E-state index < -0.39 is 0 Å². The van der Waals surface area contributed by atoms with Crippen LogP contribution < -0.4 is 10.2 Å². The van der Waals surface area contributed by atoms with Crippen LogP contribution in [0.2, 0.25) is 0 Å². The second-order valence-electron chi connectivity index (χ2n) is 7.32. The number of nitrogens with one attached hydrogen (secondary N) is 1. The number of rotatable bonds is 8. The third kappa shape index (κ3) is 5.00. The molecule has 0 atom stereocenters. The summed E-state index contributed by atoms with van der Waals surface area (Å²) >= 11 is 0. The lowest BCUT2D eigenvalue weighted by Crippen LogP contribution is -2.31. The summed E-state index contributed by atoms with van der Waals surface area (Å²) in [6.07, 6.45) is 1.85. The number of hydrogen-bond donors (Lipinski definition) is 1. The molecule has 0 saturated carbocycles. The maximum absolute atomic E-state index is 13.2. The van der Waals surface area contributed by atoms with Gasteiger partial charge in [0.25, 0.3) is 0 Å². The Morgan fingerprint density at radius 1 is 1.07 bits per heavy atom. The SMILES string of the molecule is COCCCNc1nc2nonc2nc1N1CCCN(Cc2ccc(F)cc2)CC1. The van der Waals surface area contributed by atoms with E-state index in [9.17, 15) is 4.39 Å². The molecule has 1 aliphatic heterocycles. The van der Waals surface area contributed by atoms with Crippen LogP contribution in [0.4, 0.5) is 16.0 Å². The molecule has 1 N–H and O–H groups in total. The quantitative estimate of drug-likeness (QED) is 0.556. The molecule has 2 aromatic heterocycles. The van der Waals surface area contributed by atoms with Crippen molar-refractivity contribution >= 4 is 22.9 Å². The van der Waals surface area contributed by atoms with E-state index in [-0.39, 0.29) is 5.82 Å². The zero-order valence-corrected chi connectivity index (χ0v) is 17.1. The molecule has 0 amide bonds. The van der Waals surface area contributed by atoms with Crippen molar-refractivity contribution in [1.82, 2.24) is 25.2 Å². The first kappa shape index (κ1) is 20.4. The van der Waals surface area contributed by atoms with Crippen LogP contribution in [0.15, 0.2) is 28.9 Å². The second kappa shape index (κ2) is 9.77. The Hall–Kier alpha value is -2.85. The number of methoxy groups -OCH3 is 1. The molecule has 30 heavy (non-hydrogen) atoms. The Morgan fingerprint density at radius 3 is 2.67 bits per heavy atom. The summed E-state index contributed by atoms with van der Waals surface area (Å²) in [4.78, 5) is 13.8. The minimum absolute atomic E-state index is 0.206. The van der Waals surface area contributed by atoms with Gasteiger partial charge in [0, 0.05) is 53.0 Å². The lowest BCUT2D eigenvalue weighted by Gasteiger charge is -2.24. The molecule has 0 unspecified atom stereocenters. The number of anilines is 2. The smallest absolute Gasteiger partial charge is 0.245 e. The first-order valence-electron chi connectivity index (χ1n) is 10.2. The molecule has 3 aromatic rings. The van der Waals surface area contributed by atoms with E-state index >= 15 is 0 Å². The maximum atomic E-state index is 13.2. The van der Waals surface area contributed by atoms with E-state index in [2.05, 4.69) is 35.4 Å². The van der Waals surface area contributed by atoms with Gasteiger partial charge in [0.05, 0.1) is 0 Å². The van der Waals surface area contributed by atoms with Crippen LogP contribution in [0.25, 0.3) is 11.3 Å². The second-order valence-corrected chi connectivity index (χ2v) is 7.32. The highest BCUT2D eigenvalue weighted by Gasteiger charge is 2.21. The zero-order valence-electron chi connectivity index (χ0n) is 17.1. The van der Waals surface area contributed by atoms with Crippen molar-refractivity contribution in [3.05, 3.63) is 35.6 Å². The van der Waals surface area contributed by atoms with Gasteiger partial charge in [0.2, 0.25) is 11.3 Å². The van der Waals surface area contributed by atoms with E-state index in [0.29, 0.717) is 23.7 Å². The van der Waals surface area contributed by atoms with Crippen LogP contribution in [0, 0.1) is 5.82 Å². The number of halogens is 1. The number of ether oxygens (including phenoxy) is 1. The summed E-state index contributed by atoms with van der Waals surface area (Å²) in [5.74, 6) is 1.24. The van der Waals surface area contributed by atoms with Crippen molar-refractivity contribution in [2.45, 2.75) is 19.4 Å². The average Bonchev–Trinajstić information content (AvgIpc) is 3.09. The Morgan fingerprint density at radius 2 is 1.87 bits per heavy atom. The molecule has 160 valence electrons. The minimum atomic E-state index is -0.206. The van der Waals surface area contributed by atoms with Gasteiger partial charge in [-0.05, 0) is 40.9 Å². The third-order valence-corrected chi connectivity index (χ3v) is 5.12. The highest BCUT2D eigenvalue weighted by atomic mass is 19.1.